The largest absolute Gasteiger partial charge is 0.462 e. The lowest BCUT2D eigenvalue weighted by molar-refractivity contribution is -0.153. The zero-order valence-corrected chi connectivity index (χ0v) is 14.4. The monoisotopic (exact) mass is 314 g/mol. The summed E-state index contributed by atoms with van der Waals surface area (Å²) in [5.74, 6) is -0.298. The van der Waals surface area contributed by atoms with Crippen molar-refractivity contribution >= 4 is 5.97 Å². The number of aliphatic hydroxyl groups excluding tert-OH is 1. The van der Waals surface area contributed by atoms with Gasteiger partial charge < -0.3 is 19.7 Å². The lowest BCUT2D eigenvalue weighted by Gasteiger charge is -2.33. The molecule has 128 valence electrons. The van der Waals surface area contributed by atoms with Gasteiger partial charge in [0.2, 0.25) is 0 Å². The normalized spacial score (nSPS) is 27.8. The summed E-state index contributed by atoms with van der Waals surface area (Å²) in [4.78, 5) is 10.7. The smallest absolute Gasteiger partial charge is 0.302 e. The molecule has 22 heavy (non-hydrogen) atoms. The molecule has 1 aliphatic rings. The second kappa shape index (κ2) is 7.57. The van der Waals surface area contributed by atoms with Gasteiger partial charge in [-0.1, -0.05) is 5.57 Å². The highest BCUT2D eigenvalue weighted by atomic mass is 16.5. The molecule has 1 rings (SSSR count). The van der Waals surface area contributed by atoms with Gasteiger partial charge in [0.05, 0.1) is 23.4 Å². The van der Waals surface area contributed by atoms with Gasteiger partial charge in [0.15, 0.2) is 0 Å². The van der Waals surface area contributed by atoms with Crippen molar-refractivity contribution in [3.05, 3.63) is 11.6 Å². The molecule has 5 heteroatoms. The third kappa shape index (κ3) is 5.71. The predicted octanol–water partition coefficient (Wildman–Crippen LogP) is 2.35. The van der Waals surface area contributed by atoms with Crippen LogP contribution in [0.3, 0.4) is 0 Å². The molecule has 1 aliphatic heterocycles. The number of rotatable bonds is 7. The lowest BCUT2D eigenvalue weighted by atomic mass is 9.90. The van der Waals surface area contributed by atoms with E-state index in [2.05, 4.69) is 0 Å². The van der Waals surface area contributed by atoms with E-state index in [4.69, 9.17) is 9.47 Å². The van der Waals surface area contributed by atoms with Gasteiger partial charge in [-0.3, -0.25) is 4.79 Å². The Morgan fingerprint density at radius 3 is 2.64 bits per heavy atom. The third-order valence-corrected chi connectivity index (χ3v) is 4.34. The van der Waals surface area contributed by atoms with Gasteiger partial charge in [-0.2, -0.15) is 0 Å². The van der Waals surface area contributed by atoms with Crippen LogP contribution in [0.1, 0.15) is 60.3 Å². The van der Waals surface area contributed by atoms with E-state index < -0.39 is 17.3 Å². The minimum atomic E-state index is -0.892. The van der Waals surface area contributed by atoms with Gasteiger partial charge in [-0.05, 0) is 59.5 Å². The number of hydrogen-bond acceptors (Lipinski definition) is 5. The first-order chi connectivity index (χ1) is 10.0. The Kier molecular flexibility index (Phi) is 6.59. The van der Waals surface area contributed by atoms with Gasteiger partial charge in [-0.15, -0.1) is 0 Å². The van der Waals surface area contributed by atoms with E-state index >= 15 is 0 Å². The number of carbonyl (C=O) groups is 1. The van der Waals surface area contributed by atoms with E-state index in [1.54, 1.807) is 13.8 Å². The fourth-order valence-electron chi connectivity index (χ4n) is 2.68. The maximum absolute atomic E-state index is 10.7. The van der Waals surface area contributed by atoms with Crippen LogP contribution in [0, 0.1) is 0 Å². The van der Waals surface area contributed by atoms with Crippen LogP contribution in [0.15, 0.2) is 11.6 Å². The molecule has 1 heterocycles. The van der Waals surface area contributed by atoms with Crippen molar-refractivity contribution in [2.24, 2.45) is 0 Å². The number of ether oxygens (including phenoxy) is 2. The highest BCUT2D eigenvalue weighted by molar-refractivity contribution is 5.66. The molecule has 5 nitrogen and oxygen atoms in total. The molecule has 0 aromatic carbocycles. The Bertz CT molecular complexity index is 410. The second-order valence-electron chi connectivity index (χ2n) is 7.02. The summed E-state index contributed by atoms with van der Waals surface area (Å²) < 4.78 is 10.8. The van der Waals surface area contributed by atoms with Crippen LogP contribution in [-0.4, -0.2) is 46.2 Å². The average Bonchev–Trinajstić information content (AvgIpc) is 2.79. The van der Waals surface area contributed by atoms with Gasteiger partial charge in [-0.25, -0.2) is 0 Å². The molecule has 0 unspecified atom stereocenters. The molecule has 0 saturated carbocycles. The summed E-state index contributed by atoms with van der Waals surface area (Å²) in [6.45, 7) is 8.97. The van der Waals surface area contributed by atoms with Crippen LogP contribution in [-0.2, 0) is 14.3 Å². The van der Waals surface area contributed by atoms with Crippen LogP contribution in [0.4, 0.5) is 0 Å². The van der Waals surface area contributed by atoms with Gasteiger partial charge in [0, 0.05) is 6.92 Å². The van der Waals surface area contributed by atoms with E-state index in [-0.39, 0.29) is 18.7 Å². The summed E-state index contributed by atoms with van der Waals surface area (Å²) in [5, 5.41) is 20.5. The Balaban J connectivity index is 2.45. The number of hydrogen-bond donors (Lipinski definition) is 2. The number of allylic oxidation sites excluding steroid dienone is 1. The first-order valence-electron chi connectivity index (χ1n) is 7.92. The van der Waals surface area contributed by atoms with Crippen LogP contribution in [0.2, 0.25) is 0 Å². The standard InChI is InChI=1S/C17H30O5/c1-12(9-11-21-13(2)18)6-7-14(19)17(5)10-8-15(22-17)16(3,4)20/h9,14-15,19-20H,6-8,10-11H2,1-5H3/b12-9+/t14-,15+,17+/m0/s1. The van der Waals surface area contributed by atoms with Crippen molar-refractivity contribution in [2.75, 3.05) is 6.61 Å². The zero-order valence-electron chi connectivity index (χ0n) is 14.4. The van der Waals surface area contributed by atoms with Crippen molar-refractivity contribution in [1.82, 2.24) is 0 Å². The lowest BCUT2D eigenvalue weighted by Crippen LogP contribution is -2.43. The first kappa shape index (κ1) is 19.1. The van der Waals surface area contributed by atoms with E-state index in [1.807, 2.05) is 19.9 Å². The molecule has 1 fully saturated rings. The van der Waals surface area contributed by atoms with Gasteiger partial charge in [0.25, 0.3) is 0 Å². The first-order valence-corrected chi connectivity index (χ1v) is 7.92. The van der Waals surface area contributed by atoms with E-state index in [9.17, 15) is 15.0 Å². The van der Waals surface area contributed by atoms with Crippen LogP contribution >= 0.6 is 0 Å². The number of esters is 1. The van der Waals surface area contributed by atoms with E-state index in [0.717, 1.165) is 18.4 Å². The quantitative estimate of drug-likeness (QED) is 0.557. The molecule has 3 atom stereocenters. The fraction of sp³-hybridized carbons (Fsp3) is 0.824. The zero-order chi connectivity index (χ0) is 17.0. The van der Waals surface area contributed by atoms with Crippen LogP contribution in [0.5, 0.6) is 0 Å². The highest BCUT2D eigenvalue weighted by Gasteiger charge is 2.46. The van der Waals surface area contributed by atoms with Crippen molar-refractivity contribution in [1.29, 1.82) is 0 Å². The number of carbonyl (C=O) groups excluding carboxylic acids is 1. The van der Waals surface area contributed by atoms with Gasteiger partial charge in [0.1, 0.15) is 6.61 Å². The van der Waals surface area contributed by atoms with E-state index in [1.165, 1.54) is 6.92 Å². The minimum Gasteiger partial charge on any atom is -0.462 e. The molecule has 1 saturated heterocycles. The Labute approximate surface area is 133 Å². The summed E-state index contributed by atoms with van der Waals surface area (Å²) in [5.41, 5.74) is -0.432. The maximum atomic E-state index is 10.7. The summed E-state index contributed by atoms with van der Waals surface area (Å²) in [7, 11) is 0. The van der Waals surface area contributed by atoms with Crippen molar-refractivity contribution < 1.29 is 24.5 Å². The minimum absolute atomic E-state index is 0.243. The molecule has 0 aliphatic carbocycles. The molecule has 0 amide bonds. The molecular formula is C17H30O5. The molecule has 0 radical (unpaired) electrons. The summed E-state index contributed by atoms with van der Waals surface area (Å²) in [6, 6.07) is 0. The topological polar surface area (TPSA) is 76.0 Å². The van der Waals surface area contributed by atoms with Crippen LogP contribution in [0.25, 0.3) is 0 Å². The van der Waals surface area contributed by atoms with E-state index in [0.29, 0.717) is 12.8 Å². The Hall–Kier alpha value is -0.910. The molecule has 0 spiro atoms. The SMILES string of the molecule is CC(=O)OC/C=C(\C)CC[C@H](O)[C@@]1(C)CC[C@H](C(C)(C)O)O1. The molecule has 0 aromatic rings. The average molecular weight is 314 g/mol. The van der Waals surface area contributed by atoms with Crippen LogP contribution < -0.4 is 0 Å². The third-order valence-electron chi connectivity index (χ3n) is 4.34. The van der Waals surface area contributed by atoms with Crippen molar-refractivity contribution in [2.45, 2.75) is 83.7 Å². The predicted molar refractivity (Wildman–Crippen MR) is 84.4 cm³/mol. The molecule has 0 aromatic heterocycles. The maximum Gasteiger partial charge on any atom is 0.302 e. The van der Waals surface area contributed by atoms with Gasteiger partial charge >= 0.3 is 5.97 Å². The van der Waals surface area contributed by atoms with Crippen molar-refractivity contribution in [3.63, 3.8) is 0 Å². The Morgan fingerprint density at radius 1 is 1.50 bits per heavy atom. The molecule has 2 N–H and O–H groups in total. The molecular weight excluding hydrogens is 284 g/mol. The highest BCUT2D eigenvalue weighted by Crippen LogP contribution is 2.38. The number of aliphatic hydroxyl groups is 2. The summed E-state index contributed by atoms with van der Waals surface area (Å²) in [6.07, 6.45) is 3.80. The Morgan fingerprint density at radius 2 is 2.14 bits per heavy atom. The fourth-order valence-corrected chi connectivity index (χ4v) is 2.68. The molecule has 0 bridgehead atoms. The second-order valence-corrected chi connectivity index (χ2v) is 7.02. The summed E-state index contributed by atoms with van der Waals surface area (Å²) >= 11 is 0. The van der Waals surface area contributed by atoms with Crippen molar-refractivity contribution in [3.8, 4) is 0 Å².